The number of piperazine rings is 1. The van der Waals surface area contributed by atoms with Gasteiger partial charge in [-0.3, -0.25) is 9.59 Å². The van der Waals surface area contributed by atoms with Crippen LogP contribution in [0.25, 0.3) is 0 Å². The van der Waals surface area contributed by atoms with Crippen LogP contribution in [0.4, 0.5) is 11.4 Å². The molecule has 1 saturated heterocycles. The van der Waals surface area contributed by atoms with Crippen molar-refractivity contribution in [3.05, 3.63) is 54.1 Å². The van der Waals surface area contributed by atoms with Gasteiger partial charge < -0.3 is 19.9 Å². The largest absolute Gasteiger partial charge is 0.497 e. The molecule has 0 saturated carbocycles. The Morgan fingerprint density at radius 3 is 2.37 bits per heavy atom. The highest BCUT2D eigenvalue weighted by atomic mass is 16.5. The highest BCUT2D eigenvalue weighted by molar-refractivity contribution is 6.03. The van der Waals surface area contributed by atoms with Crippen molar-refractivity contribution in [1.29, 1.82) is 0 Å². The number of methoxy groups -OCH3 is 1. The molecular formula is C21H25N3O3. The number of hydrogen-bond donors (Lipinski definition) is 1. The molecule has 142 valence electrons. The van der Waals surface area contributed by atoms with Gasteiger partial charge in [0.2, 0.25) is 11.8 Å². The van der Waals surface area contributed by atoms with E-state index in [-0.39, 0.29) is 18.2 Å². The maximum Gasteiger partial charge on any atom is 0.233 e. The molecule has 3 rings (SSSR count). The first-order chi connectivity index (χ1) is 13.0. The lowest BCUT2D eigenvalue weighted by atomic mass is 10.2. The highest BCUT2D eigenvalue weighted by Gasteiger charge is 2.23. The molecule has 0 atom stereocenters. The number of ether oxygens (including phenoxy) is 1. The number of carbonyl (C=O) groups excluding carboxylic acids is 2. The number of nitrogens with zero attached hydrogens (tertiary/aromatic N) is 2. The van der Waals surface area contributed by atoms with Gasteiger partial charge in [0.05, 0.1) is 7.11 Å². The fourth-order valence-corrected chi connectivity index (χ4v) is 3.18. The fraction of sp³-hybridized carbons (Fsp3) is 0.333. The van der Waals surface area contributed by atoms with Crippen LogP contribution in [0.3, 0.4) is 0 Å². The van der Waals surface area contributed by atoms with E-state index >= 15 is 0 Å². The molecule has 2 aromatic carbocycles. The van der Waals surface area contributed by atoms with E-state index in [2.05, 4.69) is 10.2 Å². The Hall–Kier alpha value is -3.02. The summed E-state index contributed by atoms with van der Waals surface area (Å²) in [4.78, 5) is 28.6. The second-order valence-electron chi connectivity index (χ2n) is 6.66. The van der Waals surface area contributed by atoms with Crippen LogP contribution < -0.4 is 15.0 Å². The predicted molar refractivity (Wildman–Crippen MR) is 106 cm³/mol. The Bertz CT molecular complexity index is 797. The van der Waals surface area contributed by atoms with Crippen molar-refractivity contribution in [2.75, 3.05) is 43.5 Å². The van der Waals surface area contributed by atoms with Gasteiger partial charge in [-0.05, 0) is 48.9 Å². The molecule has 0 spiro atoms. The van der Waals surface area contributed by atoms with Gasteiger partial charge in [0.25, 0.3) is 0 Å². The third kappa shape index (κ3) is 5.00. The molecule has 6 nitrogen and oxygen atoms in total. The third-order valence-corrected chi connectivity index (χ3v) is 4.68. The highest BCUT2D eigenvalue weighted by Crippen LogP contribution is 2.20. The maximum atomic E-state index is 12.4. The quantitative estimate of drug-likeness (QED) is 0.826. The Morgan fingerprint density at radius 2 is 1.74 bits per heavy atom. The minimum absolute atomic E-state index is 0.128. The van der Waals surface area contributed by atoms with E-state index in [1.165, 1.54) is 0 Å². The summed E-state index contributed by atoms with van der Waals surface area (Å²) in [5.41, 5.74) is 2.89. The molecule has 1 aliphatic heterocycles. The lowest BCUT2D eigenvalue weighted by Crippen LogP contribution is -2.49. The smallest absolute Gasteiger partial charge is 0.233 e. The number of carbonyl (C=O) groups is 2. The maximum absolute atomic E-state index is 12.4. The van der Waals surface area contributed by atoms with Crippen molar-refractivity contribution in [1.82, 2.24) is 4.90 Å². The standard InChI is InChI=1S/C21H25N3O3/c1-16-4-3-5-17(14-16)22-20(25)15-21(26)24-12-10-23(11-13-24)18-6-8-19(27-2)9-7-18/h3-9,14H,10-13,15H2,1-2H3,(H,22,25). The van der Waals surface area contributed by atoms with Gasteiger partial charge in [0.15, 0.2) is 0 Å². The Kier molecular flexibility index (Phi) is 5.96. The van der Waals surface area contributed by atoms with Gasteiger partial charge in [-0.1, -0.05) is 12.1 Å². The molecule has 0 unspecified atom stereocenters. The van der Waals surface area contributed by atoms with Crippen molar-refractivity contribution in [3.63, 3.8) is 0 Å². The SMILES string of the molecule is COc1ccc(N2CCN(C(=O)CC(=O)Nc3cccc(C)c3)CC2)cc1. The zero-order chi connectivity index (χ0) is 19.2. The third-order valence-electron chi connectivity index (χ3n) is 4.68. The van der Waals surface area contributed by atoms with E-state index in [4.69, 9.17) is 4.74 Å². The summed E-state index contributed by atoms with van der Waals surface area (Å²) in [6.07, 6.45) is -0.128. The summed E-state index contributed by atoms with van der Waals surface area (Å²) in [6, 6.07) is 15.5. The average molecular weight is 367 g/mol. The van der Waals surface area contributed by atoms with E-state index in [1.54, 1.807) is 12.0 Å². The number of hydrogen-bond acceptors (Lipinski definition) is 4. The molecule has 0 aromatic heterocycles. The Morgan fingerprint density at radius 1 is 1.04 bits per heavy atom. The number of benzene rings is 2. The van der Waals surface area contributed by atoms with E-state index in [1.807, 2.05) is 55.5 Å². The van der Waals surface area contributed by atoms with E-state index in [0.717, 1.165) is 35.8 Å². The van der Waals surface area contributed by atoms with Crippen molar-refractivity contribution >= 4 is 23.2 Å². The summed E-state index contributed by atoms with van der Waals surface area (Å²) in [6.45, 7) is 4.68. The minimum atomic E-state index is -0.275. The van der Waals surface area contributed by atoms with Crippen molar-refractivity contribution < 1.29 is 14.3 Å². The van der Waals surface area contributed by atoms with Crippen LogP contribution in [-0.4, -0.2) is 50.0 Å². The molecule has 0 radical (unpaired) electrons. The Balaban J connectivity index is 1.48. The molecule has 1 heterocycles. The lowest BCUT2D eigenvalue weighted by Gasteiger charge is -2.36. The molecule has 2 amide bonds. The van der Waals surface area contributed by atoms with Gasteiger partial charge in [-0.2, -0.15) is 0 Å². The first-order valence-electron chi connectivity index (χ1n) is 9.08. The van der Waals surface area contributed by atoms with E-state index in [0.29, 0.717) is 13.1 Å². The molecule has 1 fully saturated rings. The summed E-state index contributed by atoms with van der Waals surface area (Å²) < 4.78 is 5.18. The molecule has 0 bridgehead atoms. The summed E-state index contributed by atoms with van der Waals surface area (Å²) in [7, 11) is 1.65. The average Bonchev–Trinajstić information content (AvgIpc) is 2.68. The number of rotatable bonds is 5. The van der Waals surface area contributed by atoms with Gasteiger partial charge in [0, 0.05) is 37.6 Å². The van der Waals surface area contributed by atoms with E-state index in [9.17, 15) is 9.59 Å². The van der Waals surface area contributed by atoms with Gasteiger partial charge >= 0.3 is 0 Å². The monoisotopic (exact) mass is 367 g/mol. The fourth-order valence-electron chi connectivity index (χ4n) is 3.18. The Labute approximate surface area is 159 Å². The number of aryl methyl sites for hydroxylation is 1. The van der Waals surface area contributed by atoms with Crippen LogP contribution in [0.1, 0.15) is 12.0 Å². The van der Waals surface area contributed by atoms with Crippen molar-refractivity contribution in [2.24, 2.45) is 0 Å². The summed E-state index contributed by atoms with van der Waals surface area (Å²) >= 11 is 0. The lowest BCUT2D eigenvalue weighted by molar-refractivity contribution is -0.134. The molecular weight excluding hydrogens is 342 g/mol. The van der Waals surface area contributed by atoms with Crippen LogP contribution in [0.2, 0.25) is 0 Å². The molecule has 1 N–H and O–H groups in total. The molecule has 1 aliphatic rings. The second kappa shape index (κ2) is 8.58. The van der Waals surface area contributed by atoms with Crippen LogP contribution in [0.15, 0.2) is 48.5 Å². The van der Waals surface area contributed by atoms with Gasteiger partial charge in [-0.25, -0.2) is 0 Å². The van der Waals surface area contributed by atoms with Crippen LogP contribution in [0, 0.1) is 6.92 Å². The number of amides is 2. The molecule has 2 aromatic rings. The van der Waals surface area contributed by atoms with Crippen molar-refractivity contribution in [2.45, 2.75) is 13.3 Å². The van der Waals surface area contributed by atoms with Crippen LogP contribution in [-0.2, 0) is 9.59 Å². The number of nitrogens with one attached hydrogen (secondary N) is 1. The van der Waals surface area contributed by atoms with Crippen LogP contribution >= 0.6 is 0 Å². The topological polar surface area (TPSA) is 61.9 Å². The van der Waals surface area contributed by atoms with Gasteiger partial charge in [-0.15, -0.1) is 0 Å². The molecule has 27 heavy (non-hydrogen) atoms. The normalized spacial score (nSPS) is 14.0. The summed E-state index contributed by atoms with van der Waals surface area (Å²) in [5.74, 6) is 0.421. The van der Waals surface area contributed by atoms with Crippen LogP contribution in [0.5, 0.6) is 5.75 Å². The second-order valence-corrected chi connectivity index (χ2v) is 6.66. The molecule has 6 heteroatoms. The number of anilines is 2. The zero-order valence-corrected chi connectivity index (χ0v) is 15.8. The zero-order valence-electron chi connectivity index (χ0n) is 15.8. The summed E-state index contributed by atoms with van der Waals surface area (Å²) in [5, 5.41) is 2.79. The van der Waals surface area contributed by atoms with E-state index < -0.39 is 0 Å². The minimum Gasteiger partial charge on any atom is -0.497 e. The molecule has 0 aliphatic carbocycles. The van der Waals surface area contributed by atoms with Crippen molar-refractivity contribution in [3.8, 4) is 5.75 Å². The van der Waals surface area contributed by atoms with Gasteiger partial charge in [0.1, 0.15) is 12.2 Å². The predicted octanol–water partition coefficient (Wildman–Crippen LogP) is 2.68. The first-order valence-corrected chi connectivity index (χ1v) is 9.08. The first kappa shape index (κ1) is 18.8.